The van der Waals surface area contributed by atoms with Gasteiger partial charge in [-0.25, -0.2) is 14.4 Å². The summed E-state index contributed by atoms with van der Waals surface area (Å²) in [7, 11) is 0. The van der Waals surface area contributed by atoms with E-state index in [1.54, 1.807) is 12.3 Å². The Hall–Kier alpha value is -1.33. The largest absolute Gasteiger partial charge is 0.309 e. The van der Waals surface area contributed by atoms with Crippen molar-refractivity contribution in [1.82, 2.24) is 15.3 Å². The van der Waals surface area contributed by atoms with Crippen LogP contribution >= 0.6 is 15.9 Å². The standard InChI is InChI=1S/C14H15BrFN3/c1-9(2)18-8-11-5-6-17-14(19-11)12-7-10(16)3-4-13(12)15/h3-7,9,18H,8H2,1-2H3. The van der Waals surface area contributed by atoms with Crippen LogP contribution in [0.1, 0.15) is 19.5 Å². The third-order valence-electron chi connectivity index (χ3n) is 2.57. The van der Waals surface area contributed by atoms with E-state index in [4.69, 9.17) is 0 Å². The Bertz CT molecular complexity index is 572. The summed E-state index contributed by atoms with van der Waals surface area (Å²) in [6.45, 7) is 4.82. The minimum Gasteiger partial charge on any atom is -0.309 e. The Balaban J connectivity index is 2.29. The zero-order chi connectivity index (χ0) is 13.8. The van der Waals surface area contributed by atoms with E-state index in [0.29, 0.717) is 24.0 Å². The van der Waals surface area contributed by atoms with Crippen LogP contribution in [0, 0.1) is 5.82 Å². The van der Waals surface area contributed by atoms with Gasteiger partial charge < -0.3 is 5.32 Å². The van der Waals surface area contributed by atoms with Crippen LogP contribution in [0.2, 0.25) is 0 Å². The van der Waals surface area contributed by atoms with Crippen LogP contribution in [0.4, 0.5) is 4.39 Å². The number of nitrogens with one attached hydrogen (secondary N) is 1. The smallest absolute Gasteiger partial charge is 0.160 e. The van der Waals surface area contributed by atoms with Crippen molar-refractivity contribution in [3.05, 3.63) is 46.4 Å². The van der Waals surface area contributed by atoms with Crippen LogP contribution in [0.3, 0.4) is 0 Å². The molecule has 0 aliphatic heterocycles. The molecule has 1 N–H and O–H groups in total. The Kier molecular flexibility index (Phi) is 4.61. The third kappa shape index (κ3) is 3.81. The first kappa shape index (κ1) is 14.1. The number of benzene rings is 1. The zero-order valence-corrected chi connectivity index (χ0v) is 12.4. The fourth-order valence-electron chi connectivity index (χ4n) is 1.60. The van der Waals surface area contributed by atoms with Gasteiger partial charge in [0.15, 0.2) is 5.82 Å². The van der Waals surface area contributed by atoms with Gasteiger partial charge in [-0.3, -0.25) is 0 Å². The molecule has 0 saturated heterocycles. The second-order valence-electron chi connectivity index (χ2n) is 4.53. The molecule has 3 nitrogen and oxygen atoms in total. The molecule has 5 heteroatoms. The van der Waals surface area contributed by atoms with Crippen LogP contribution in [0.25, 0.3) is 11.4 Å². The second-order valence-corrected chi connectivity index (χ2v) is 5.39. The molecule has 0 unspecified atom stereocenters. The van der Waals surface area contributed by atoms with Gasteiger partial charge in [-0.2, -0.15) is 0 Å². The molecule has 1 heterocycles. The lowest BCUT2D eigenvalue weighted by Crippen LogP contribution is -2.22. The molecular formula is C14H15BrFN3. The molecule has 2 aromatic rings. The van der Waals surface area contributed by atoms with Crippen molar-refractivity contribution in [2.75, 3.05) is 0 Å². The van der Waals surface area contributed by atoms with Crippen LogP contribution in [0.5, 0.6) is 0 Å². The topological polar surface area (TPSA) is 37.8 Å². The van der Waals surface area contributed by atoms with Crippen LogP contribution < -0.4 is 5.32 Å². The predicted octanol–water partition coefficient (Wildman–Crippen LogP) is 3.54. The minimum absolute atomic E-state index is 0.299. The van der Waals surface area contributed by atoms with E-state index in [9.17, 15) is 4.39 Å². The summed E-state index contributed by atoms with van der Waals surface area (Å²) >= 11 is 3.39. The average Bonchev–Trinajstić information content (AvgIpc) is 2.39. The Morgan fingerprint density at radius 3 is 2.84 bits per heavy atom. The molecule has 100 valence electrons. The molecule has 0 aliphatic rings. The molecule has 0 saturated carbocycles. The highest BCUT2D eigenvalue weighted by Gasteiger charge is 2.08. The fraction of sp³-hybridized carbons (Fsp3) is 0.286. The summed E-state index contributed by atoms with van der Waals surface area (Å²) in [5.74, 6) is 0.224. The lowest BCUT2D eigenvalue weighted by Gasteiger charge is -2.09. The molecule has 0 aliphatic carbocycles. The molecule has 0 radical (unpaired) electrons. The molecule has 2 rings (SSSR count). The lowest BCUT2D eigenvalue weighted by molar-refractivity contribution is 0.581. The van der Waals surface area contributed by atoms with Crippen molar-refractivity contribution in [3.8, 4) is 11.4 Å². The van der Waals surface area contributed by atoms with Crippen molar-refractivity contribution in [2.45, 2.75) is 26.4 Å². The van der Waals surface area contributed by atoms with E-state index < -0.39 is 0 Å². The lowest BCUT2D eigenvalue weighted by atomic mass is 10.2. The van der Waals surface area contributed by atoms with Gasteiger partial charge in [-0.15, -0.1) is 0 Å². The van der Waals surface area contributed by atoms with Crippen molar-refractivity contribution >= 4 is 15.9 Å². The minimum atomic E-state index is -0.299. The SMILES string of the molecule is CC(C)NCc1ccnc(-c2cc(F)ccc2Br)n1. The molecule has 1 aromatic carbocycles. The van der Waals surface area contributed by atoms with Crippen molar-refractivity contribution in [1.29, 1.82) is 0 Å². The van der Waals surface area contributed by atoms with Gasteiger partial charge in [0.05, 0.1) is 5.69 Å². The number of rotatable bonds is 4. The average molecular weight is 324 g/mol. The first-order valence-corrected chi connectivity index (χ1v) is 6.86. The Morgan fingerprint density at radius 1 is 1.32 bits per heavy atom. The van der Waals surface area contributed by atoms with Gasteiger partial charge in [0.1, 0.15) is 5.82 Å². The molecule has 19 heavy (non-hydrogen) atoms. The van der Waals surface area contributed by atoms with Gasteiger partial charge in [0.25, 0.3) is 0 Å². The number of hydrogen-bond donors (Lipinski definition) is 1. The molecular weight excluding hydrogens is 309 g/mol. The van der Waals surface area contributed by atoms with Gasteiger partial charge in [-0.05, 0) is 24.3 Å². The normalized spacial score (nSPS) is 11.0. The number of nitrogens with zero attached hydrogens (tertiary/aromatic N) is 2. The first-order valence-electron chi connectivity index (χ1n) is 6.07. The maximum absolute atomic E-state index is 13.3. The summed E-state index contributed by atoms with van der Waals surface area (Å²) in [6, 6.07) is 6.73. The van der Waals surface area contributed by atoms with Crippen LogP contribution in [-0.2, 0) is 6.54 Å². The van der Waals surface area contributed by atoms with E-state index in [2.05, 4.69) is 45.1 Å². The molecule has 0 bridgehead atoms. The molecule has 0 atom stereocenters. The van der Waals surface area contributed by atoms with E-state index >= 15 is 0 Å². The quantitative estimate of drug-likeness (QED) is 0.935. The number of aromatic nitrogens is 2. The van der Waals surface area contributed by atoms with E-state index in [0.717, 1.165) is 10.2 Å². The van der Waals surface area contributed by atoms with Crippen LogP contribution in [0.15, 0.2) is 34.9 Å². The van der Waals surface area contributed by atoms with Crippen LogP contribution in [-0.4, -0.2) is 16.0 Å². The summed E-state index contributed by atoms with van der Waals surface area (Å²) in [5, 5.41) is 3.29. The Labute approximate surface area is 120 Å². The monoisotopic (exact) mass is 323 g/mol. The van der Waals surface area contributed by atoms with Crippen molar-refractivity contribution in [3.63, 3.8) is 0 Å². The van der Waals surface area contributed by atoms with Gasteiger partial charge in [-0.1, -0.05) is 29.8 Å². The van der Waals surface area contributed by atoms with Crippen molar-refractivity contribution < 1.29 is 4.39 Å². The summed E-state index contributed by atoms with van der Waals surface area (Å²) in [4.78, 5) is 8.65. The van der Waals surface area contributed by atoms with Crippen molar-refractivity contribution in [2.24, 2.45) is 0 Å². The molecule has 0 amide bonds. The van der Waals surface area contributed by atoms with Gasteiger partial charge >= 0.3 is 0 Å². The summed E-state index contributed by atoms with van der Waals surface area (Å²) < 4.78 is 14.1. The maximum Gasteiger partial charge on any atom is 0.160 e. The molecule has 0 spiro atoms. The fourth-order valence-corrected chi connectivity index (χ4v) is 2.03. The maximum atomic E-state index is 13.3. The second kappa shape index (κ2) is 6.21. The van der Waals surface area contributed by atoms with E-state index in [-0.39, 0.29) is 5.82 Å². The highest BCUT2D eigenvalue weighted by molar-refractivity contribution is 9.10. The summed E-state index contributed by atoms with van der Waals surface area (Å²) in [5.41, 5.74) is 1.54. The molecule has 0 fully saturated rings. The number of hydrogen-bond acceptors (Lipinski definition) is 3. The predicted molar refractivity (Wildman–Crippen MR) is 77.1 cm³/mol. The highest BCUT2D eigenvalue weighted by Crippen LogP contribution is 2.26. The number of halogens is 2. The first-order chi connectivity index (χ1) is 9.06. The molecule has 1 aromatic heterocycles. The highest BCUT2D eigenvalue weighted by atomic mass is 79.9. The zero-order valence-electron chi connectivity index (χ0n) is 10.8. The van der Waals surface area contributed by atoms with Gasteiger partial charge in [0.2, 0.25) is 0 Å². The van der Waals surface area contributed by atoms with Gasteiger partial charge in [0, 0.05) is 28.8 Å². The third-order valence-corrected chi connectivity index (χ3v) is 3.27. The van der Waals surface area contributed by atoms with E-state index in [1.807, 2.05) is 6.07 Å². The summed E-state index contributed by atoms with van der Waals surface area (Å²) in [6.07, 6.45) is 1.69. The Morgan fingerprint density at radius 2 is 2.11 bits per heavy atom. The van der Waals surface area contributed by atoms with E-state index in [1.165, 1.54) is 12.1 Å².